The molecular weight excluding hydrogens is 536 g/mol. The van der Waals surface area contributed by atoms with Gasteiger partial charge >= 0.3 is 0 Å². The van der Waals surface area contributed by atoms with E-state index < -0.39 is 0 Å². The minimum Gasteiger partial charge on any atom is -0.497 e. The molecule has 42 heavy (non-hydrogen) atoms. The van der Waals surface area contributed by atoms with E-state index in [-0.39, 0.29) is 0 Å². The number of para-hydroxylation sites is 2. The molecule has 1 aromatic heterocycles. The van der Waals surface area contributed by atoms with Gasteiger partial charge in [-0.2, -0.15) is 4.57 Å². The highest BCUT2D eigenvalue weighted by Gasteiger charge is 2.31. The topological polar surface area (TPSA) is 19.6 Å². The summed E-state index contributed by atoms with van der Waals surface area (Å²) in [4.78, 5) is 6.53. The van der Waals surface area contributed by atoms with E-state index in [0.29, 0.717) is 0 Å². The highest BCUT2D eigenvalue weighted by molar-refractivity contribution is 8.03. The summed E-state index contributed by atoms with van der Waals surface area (Å²) in [5.74, 6) is 2.11. The predicted octanol–water partition coefficient (Wildman–Crippen LogP) is 7.29. The molecule has 5 nitrogen and oxygen atoms in total. The lowest BCUT2D eigenvalue weighted by atomic mass is 10.0. The molecule has 0 radical (unpaired) electrons. The van der Waals surface area contributed by atoms with Crippen LogP contribution < -0.4 is 19.1 Å². The molecule has 0 saturated carbocycles. The van der Waals surface area contributed by atoms with Crippen LogP contribution in [0.2, 0.25) is 0 Å². The maximum atomic E-state index is 5.78. The number of ether oxygens (including phenoxy) is 1. The van der Waals surface area contributed by atoms with E-state index in [1.807, 2.05) is 11.8 Å². The quantitative estimate of drug-likeness (QED) is 0.145. The van der Waals surface area contributed by atoms with Crippen molar-refractivity contribution >= 4 is 40.2 Å². The maximum absolute atomic E-state index is 5.78. The van der Waals surface area contributed by atoms with Gasteiger partial charge in [0.1, 0.15) is 17.0 Å². The largest absolute Gasteiger partial charge is 0.497 e. The number of thioether (sulfide) groups is 1. The maximum Gasteiger partial charge on any atom is 0.282 e. The van der Waals surface area contributed by atoms with Crippen molar-refractivity contribution < 1.29 is 13.8 Å². The third-order valence-corrected chi connectivity index (χ3v) is 9.40. The second-order valence-electron chi connectivity index (χ2n) is 12.5. The fraction of sp³-hybridized carbons (Fsp3) is 0.361. The van der Waals surface area contributed by atoms with E-state index in [1.165, 1.54) is 56.5 Å². The molecule has 0 atom stereocenters. The molecule has 0 aliphatic carbocycles. The number of fused-ring (bicyclic) bond motifs is 1. The number of methoxy groups -OCH3 is 1. The van der Waals surface area contributed by atoms with Crippen molar-refractivity contribution in [3.05, 3.63) is 89.0 Å². The molecule has 0 unspecified atom stereocenters. The lowest BCUT2D eigenvalue weighted by molar-refractivity contribution is -0.870. The molecule has 6 rings (SSSR count). The zero-order valence-corrected chi connectivity index (χ0v) is 26.6. The van der Waals surface area contributed by atoms with Crippen molar-refractivity contribution in [3.8, 4) is 11.4 Å². The number of benzene rings is 3. The van der Waals surface area contributed by atoms with Crippen molar-refractivity contribution in [2.24, 2.45) is 0 Å². The van der Waals surface area contributed by atoms with Crippen molar-refractivity contribution in [1.82, 2.24) is 0 Å². The van der Waals surface area contributed by atoms with Crippen LogP contribution in [-0.2, 0) is 6.42 Å². The van der Waals surface area contributed by atoms with Gasteiger partial charge in [-0.3, -0.25) is 4.90 Å². The zero-order valence-electron chi connectivity index (χ0n) is 25.8. The molecule has 2 aliphatic rings. The number of hydrogen-bond acceptors (Lipinski definition) is 4. The highest BCUT2D eigenvalue weighted by Crippen LogP contribution is 2.50. The smallest absolute Gasteiger partial charge is 0.282 e. The summed E-state index contributed by atoms with van der Waals surface area (Å²) in [5.41, 5.74) is 6.49. The molecule has 0 amide bonds. The van der Waals surface area contributed by atoms with Crippen LogP contribution in [0, 0.1) is 0 Å². The first-order valence-electron chi connectivity index (χ1n) is 15.3. The van der Waals surface area contributed by atoms with Gasteiger partial charge < -0.3 is 14.1 Å². The molecule has 0 spiro atoms. The highest BCUT2D eigenvalue weighted by atomic mass is 32.2. The second kappa shape index (κ2) is 12.0. The molecule has 0 N–H and O–H groups in total. The van der Waals surface area contributed by atoms with Crippen molar-refractivity contribution in [1.29, 1.82) is 0 Å². The molecular formula is C36H44N4OS+2. The lowest BCUT2D eigenvalue weighted by Gasteiger charge is -2.27. The number of rotatable bonds is 10. The Kier molecular flexibility index (Phi) is 8.19. The molecule has 218 valence electrons. The molecule has 3 heterocycles. The van der Waals surface area contributed by atoms with Crippen LogP contribution in [0.15, 0.2) is 82.7 Å². The Bertz CT molecular complexity index is 1610. The van der Waals surface area contributed by atoms with Gasteiger partial charge in [0.25, 0.3) is 5.82 Å². The Morgan fingerprint density at radius 2 is 1.83 bits per heavy atom. The van der Waals surface area contributed by atoms with E-state index in [4.69, 9.17) is 4.74 Å². The summed E-state index contributed by atoms with van der Waals surface area (Å²) in [5, 5.41) is 2.55. The van der Waals surface area contributed by atoms with Crippen molar-refractivity contribution in [2.45, 2.75) is 37.5 Å². The van der Waals surface area contributed by atoms with E-state index in [0.717, 1.165) is 54.8 Å². The van der Waals surface area contributed by atoms with Crippen LogP contribution >= 0.6 is 11.8 Å². The van der Waals surface area contributed by atoms with Gasteiger partial charge in [0.05, 0.1) is 58.6 Å². The summed E-state index contributed by atoms with van der Waals surface area (Å²) in [6.45, 7) is 6.51. The van der Waals surface area contributed by atoms with Crippen LogP contribution in [0.4, 0.5) is 11.5 Å². The van der Waals surface area contributed by atoms with Gasteiger partial charge in [0.15, 0.2) is 0 Å². The normalized spacial score (nSPS) is 15.4. The van der Waals surface area contributed by atoms with Crippen LogP contribution in [0.5, 0.6) is 5.75 Å². The first-order chi connectivity index (χ1) is 20.4. The SMILES string of the molecule is CCCN(CCC[N+](C)(C)C)c1cc(/C=C2\Sc3cccc4c3N2CCC4)c2ccc(OC)cc2[n+]1-c1ccccc1. The zero-order chi connectivity index (χ0) is 29.3. The van der Waals surface area contributed by atoms with Gasteiger partial charge in [0, 0.05) is 35.4 Å². The molecule has 6 heteroatoms. The fourth-order valence-electron chi connectivity index (χ4n) is 6.35. The Labute approximate surface area is 255 Å². The third kappa shape index (κ3) is 5.75. The van der Waals surface area contributed by atoms with Gasteiger partial charge in [-0.25, -0.2) is 0 Å². The standard InChI is InChI=1S/C36H44N4OS/c1-6-20-37(21-12-23-40(2,3)4)34-24-28(25-35-38-22-11-14-27-13-10-17-33(42-35)36(27)38)31-19-18-30(41-5)26-32(31)39(34)29-15-8-7-9-16-29/h7-10,13,15-19,24-26H,6,11-12,14,20-23H2,1-5H3/q+2. The summed E-state index contributed by atoms with van der Waals surface area (Å²) in [6.07, 6.45) is 7.02. The number of hydrogen-bond donors (Lipinski definition) is 0. The van der Waals surface area contributed by atoms with Gasteiger partial charge in [-0.15, -0.1) is 0 Å². The van der Waals surface area contributed by atoms with E-state index in [9.17, 15) is 0 Å². The molecule has 3 aromatic carbocycles. The third-order valence-electron chi connectivity index (χ3n) is 8.30. The summed E-state index contributed by atoms with van der Waals surface area (Å²) in [7, 11) is 8.60. The summed E-state index contributed by atoms with van der Waals surface area (Å²) < 4.78 is 9.19. The summed E-state index contributed by atoms with van der Waals surface area (Å²) in [6, 6.07) is 26.6. The lowest BCUT2D eigenvalue weighted by Crippen LogP contribution is -2.43. The first kappa shape index (κ1) is 28.6. The van der Waals surface area contributed by atoms with Crippen molar-refractivity contribution in [2.75, 3.05) is 64.2 Å². The minimum atomic E-state index is 0.873. The first-order valence-corrected chi connectivity index (χ1v) is 16.1. The van der Waals surface area contributed by atoms with Gasteiger partial charge in [0.2, 0.25) is 0 Å². The second-order valence-corrected chi connectivity index (χ2v) is 13.5. The molecule has 0 saturated heterocycles. The van der Waals surface area contributed by atoms with E-state index in [1.54, 1.807) is 7.11 Å². The van der Waals surface area contributed by atoms with Crippen molar-refractivity contribution in [3.63, 3.8) is 0 Å². The number of aromatic nitrogens is 1. The van der Waals surface area contributed by atoms with Gasteiger partial charge in [-0.1, -0.05) is 49.0 Å². The molecule has 0 fully saturated rings. The Hall–Kier alpha value is -3.48. The van der Waals surface area contributed by atoms with Crippen LogP contribution in [0.1, 0.15) is 37.3 Å². The molecule has 4 aromatic rings. The monoisotopic (exact) mass is 580 g/mol. The van der Waals surface area contributed by atoms with Crippen LogP contribution in [0.3, 0.4) is 0 Å². The molecule has 2 aliphatic heterocycles. The van der Waals surface area contributed by atoms with Gasteiger partial charge in [-0.05, 0) is 66.8 Å². The number of nitrogens with zero attached hydrogens (tertiary/aromatic N) is 4. The van der Waals surface area contributed by atoms with E-state index in [2.05, 4.69) is 121 Å². The average molecular weight is 581 g/mol. The Morgan fingerprint density at radius 1 is 1.00 bits per heavy atom. The summed E-state index contributed by atoms with van der Waals surface area (Å²) >= 11 is 1.92. The fourth-order valence-corrected chi connectivity index (χ4v) is 7.53. The Balaban J connectivity index is 1.55. The number of quaternary nitrogens is 1. The number of aryl methyl sites for hydroxylation is 1. The molecule has 0 bridgehead atoms. The number of anilines is 2. The van der Waals surface area contributed by atoms with E-state index >= 15 is 0 Å². The average Bonchev–Trinajstić information content (AvgIpc) is 3.34. The predicted molar refractivity (Wildman–Crippen MR) is 178 cm³/mol. The minimum absolute atomic E-state index is 0.873. The Morgan fingerprint density at radius 3 is 2.60 bits per heavy atom. The van der Waals surface area contributed by atoms with Crippen LogP contribution in [0.25, 0.3) is 22.7 Å². The van der Waals surface area contributed by atoms with Crippen LogP contribution in [-0.4, -0.2) is 58.9 Å². The number of pyridine rings is 1.